The number of H-pyrrole nitrogens is 1. The number of nitrogens with zero attached hydrogens (tertiary/aromatic N) is 4. The van der Waals surface area contributed by atoms with Crippen LogP contribution in [0.5, 0.6) is 0 Å². The molecule has 0 bridgehead atoms. The highest BCUT2D eigenvalue weighted by Gasteiger charge is 2.23. The third kappa shape index (κ3) is 4.19. The first kappa shape index (κ1) is 20.2. The Morgan fingerprint density at radius 2 is 1.72 bits per heavy atom. The molecular formula is C25H24FN5O. The Kier molecular flexibility index (Phi) is 5.54. The van der Waals surface area contributed by atoms with Gasteiger partial charge < -0.3 is 14.8 Å². The van der Waals surface area contributed by atoms with E-state index in [9.17, 15) is 9.18 Å². The zero-order valence-corrected chi connectivity index (χ0v) is 17.7. The van der Waals surface area contributed by atoms with E-state index >= 15 is 0 Å². The summed E-state index contributed by atoms with van der Waals surface area (Å²) in [4.78, 5) is 29.1. The molecule has 2 aromatic heterocycles. The van der Waals surface area contributed by atoms with Crippen LogP contribution in [-0.4, -0.2) is 51.9 Å². The molecule has 7 heteroatoms. The Morgan fingerprint density at radius 3 is 2.47 bits per heavy atom. The summed E-state index contributed by atoms with van der Waals surface area (Å²) in [5.74, 6) is 0.773. The Labute approximate surface area is 185 Å². The molecule has 32 heavy (non-hydrogen) atoms. The van der Waals surface area contributed by atoms with Crippen molar-refractivity contribution in [3.63, 3.8) is 0 Å². The van der Waals surface area contributed by atoms with E-state index in [4.69, 9.17) is 0 Å². The van der Waals surface area contributed by atoms with Crippen molar-refractivity contribution in [2.24, 2.45) is 0 Å². The van der Waals surface area contributed by atoms with Gasteiger partial charge >= 0.3 is 0 Å². The molecule has 0 saturated carbocycles. The smallest absolute Gasteiger partial charge is 0.223 e. The topological polar surface area (TPSA) is 65.1 Å². The number of aromatic amines is 1. The van der Waals surface area contributed by atoms with Gasteiger partial charge in [0, 0.05) is 38.3 Å². The van der Waals surface area contributed by atoms with Gasteiger partial charge in [0.05, 0.1) is 5.39 Å². The van der Waals surface area contributed by atoms with Crippen molar-refractivity contribution >= 4 is 22.8 Å². The van der Waals surface area contributed by atoms with Gasteiger partial charge in [0.1, 0.15) is 23.6 Å². The Hall–Kier alpha value is -3.74. The molecule has 1 fully saturated rings. The number of rotatable bonds is 5. The monoisotopic (exact) mass is 429 g/mol. The van der Waals surface area contributed by atoms with E-state index in [1.54, 1.807) is 18.5 Å². The van der Waals surface area contributed by atoms with Crippen molar-refractivity contribution in [3.05, 3.63) is 78.4 Å². The molecule has 0 radical (unpaired) electrons. The van der Waals surface area contributed by atoms with Gasteiger partial charge in [0.15, 0.2) is 0 Å². The number of anilines is 1. The zero-order valence-electron chi connectivity index (χ0n) is 17.7. The number of halogens is 1. The SMILES string of the molecule is O=C(CCc1ccc(F)cc1)N1CCN(c2ncnc3[nH]c(-c4ccccc4)cc23)CC1. The lowest BCUT2D eigenvalue weighted by molar-refractivity contribution is -0.131. The molecule has 4 aromatic rings. The van der Waals surface area contributed by atoms with Gasteiger partial charge in [-0.2, -0.15) is 0 Å². The second-order valence-corrected chi connectivity index (χ2v) is 8.00. The minimum Gasteiger partial charge on any atom is -0.352 e. The molecular weight excluding hydrogens is 405 g/mol. The quantitative estimate of drug-likeness (QED) is 0.520. The number of hydrogen-bond acceptors (Lipinski definition) is 4. The van der Waals surface area contributed by atoms with Crippen LogP contribution in [0.2, 0.25) is 0 Å². The fraction of sp³-hybridized carbons (Fsp3) is 0.240. The van der Waals surface area contributed by atoms with Gasteiger partial charge in [-0.1, -0.05) is 42.5 Å². The summed E-state index contributed by atoms with van der Waals surface area (Å²) in [5.41, 5.74) is 3.90. The molecule has 3 heterocycles. The third-order valence-corrected chi connectivity index (χ3v) is 5.96. The standard InChI is InChI=1S/C25H24FN5O/c26-20-9-6-18(7-10-20)8-11-23(32)30-12-14-31(15-13-30)25-21-16-22(19-4-2-1-3-5-19)29-24(21)27-17-28-25/h1-7,9-10,16-17H,8,11-15H2,(H,27,28,29). The van der Waals surface area contributed by atoms with Crippen molar-refractivity contribution < 1.29 is 9.18 Å². The van der Waals surface area contributed by atoms with Crippen LogP contribution in [0.4, 0.5) is 10.2 Å². The molecule has 1 N–H and O–H groups in total. The minimum absolute atomic E-state index is 0.134. The highest BCUT2D eigenvalue weighted by Crippen LogP contribution is 2.29. The molecule has 0 unspecified atom stereocenters. The van der Waals surface area contributed by atoms with Gasteiger partial charge in [0.25, 0.3) is 0 Å². The maximum atomic E-state index is 13.0. The molecule has 1 amide bonds. The van der Waals surface area contributed by atoms with Crippen molar-refractivity contribution in [2.75, 3.05) is 31.1 Å². The van der Waals surface area contributed by atoms with Gasteiger partial charge in [-0.15, -0.1) is 0 Å². The Morgan fingerprint density at radius 1 is 0.969 bits per heavy atom. The predicted molar refractivity (Wildman–Crippen MR) is 123 cm³/mol. The molecule has 0 spiro atoms. The van der Waals surface area contributed by atoms with Crippen molar-refractivity contribution in [1.82, 2.24) is 19.9 Å². The van der Waals surface area contributed by atoms with E-state index in [0.29, 0.717) is 25.9 Å². The van der Waals surface area contributed by atoms with Crippen molar-refractivity contribution in [2.45, 2.75) is 12.8 Å². The summed E-state index contributed by atoms with van der Waals surface area (Å²) in [6, 6.07) is 18.6. The van der Waals surface area contributed by atoms with Crippen molar-refractivity contribution in [1.29, 1.82) is 0 Å². The molecule has 2 aromatic carbocycles. The van der Waals surface area contributed by atoms with Crippen LogP contribution in [0.3, 0.4) is 0 Å². The molecule has 6 nitrogen and oxygen atoms in total. The fourth-order valence-corrected chi connectivity index (χ4v) is 4.18. The maximum absolute atomic E-state index is 13.0. The molecule has 0 aliphatic carbocycles. The van der Waals surface area contributed by atoms with E-state index in [1.165, 1.54) is 12.1 Å². The van der Waals surface area contributed by atoms with Gasteiger partial charge in [-0.25, -0.2) is 14.4 Å². The highest BCUT2D eigenvalue weighted by atomic mass is 19.1. The van der Waals surface area contributed by atoms with Crippen LogP contribution in [-0.2, 0) is 11.2 Å². The number of amides is 1. The lowest BCUT2D eigenvalue weighted by Crippen LogP contribution is -2.49. The van der Waals surface area contributed by atoms with Crippen LogP contribution >= 0.6 is 0 Å². The minimum atomic E-state index is -0.256. The van der Waals surface area contributed by atoms with Crippen LogP contribution in [0.15, 0.2) is 67.0 Å². The number of nitrogens with one attached hydrogen (secondary N) is 1. The summed E-state index contributed by atoms with van der Waals surface area (Å²) in [7, 11) is 0. The number of carbonyl (C=O) groups excluding carboxylic acids is 1. The van der Waals surface area contributed by atoms with Crippen LogP contribution in [0.25, 0.3) is 22.3 Å². The second-order valence-electron chi connectivity index (χ2n) is 8.00. The van der Waals surface area contributed by atoms with Crippen molar-refractivity contribution in [3.8, 4) is 11.3 Å². The summed E-state index contributed by atoms with van der Waals surface area (Å²) >= 11 is 0. The number of aromatic nitrogens is 3. The first-order chi connectivity index (χ1) is 15.7. The first-order valence-corrected chi connectivity index (χ1v) is 10.8. The number of benzene rings is 2. The van der Waals surface area contributed by atoms with E-state index in [1.807, 2.05) is 23.1 Å². The van der Waals surface area contributed by atoms with E-state index < -0.39 is 0 Å². The number of carbonyl (C=O) groups is 1. The predicted octanol–water partition coefficient (Wildman–Crippen LogP) is 4.05. The van der Waals surface area contributed by atoms with E-state index in [-0.39, 0.29) is 11.7 Å². The lowest BCUT2D eigenvalue weighted by Gasteiger charge is -2.35. The van der Waals surface area contributed by atoms with Crippen LogP contribution in [0, 0.1) is 5.82 Å². The molecule has 162 valence electrons. The molecule has 5 rings (SSSR count). The van der Waals surface area contributed by atoms with Crippen LogP contribution < -0.4 is 4.90 Å². The number of hydrogen-bond donors (Lipinski definition) is 1. The number of fused-ring (bicyclic) bond motifs is 1. The van der Waals surface area contributed by atoms with E-state index in [2.05, 4.69) is 38.1 Å². The van der Waals surface area contributed by atoms with E-state index in [0.717, 1.165) is 46.8 Å². The Bertz CT molecular complexity index is 1210. The molecule has 1 aliphatic heterocycles. The average Bonchev–Trinajstić information content (AvgIpc) is 3.29. The summed E-state index contributed by atoms with van der Waals surface area (Å²) in [6.45, 7) is 2.76. The maximum Gasteiger partial charge on any atom is 0.223 e. The Balaban J connectivity index is 1.24. The van der Waals surface area contributed by atoms with Gasteiger partial charge in [-0.3, -0.25) is 4.79 Å². The number of piperazine rings is 1. The summed E-state index contributed by atoms with van der Waals surface area (Å²) < 4.78 is 13.0. The largest absolute Gasteiger partial charge is 0.352 e. The van der Waals surface area contributed by atoms with Gasteiger partial charge in [0.2, 0.25) is 5.91 Å². The molecule has 0 atom stereocenters. The number of aryl methyl sites for hydroxylation is 1. The third-order valence-electron chi connectivity index (χ3n) is 5.96. The first-order valence-electron chi connectivity index (χ1n) is 10.8. The molecule has 1 saturated heterocycles. The average molecular weight is 429 g/mol. The molecule has 1 aliphatic rings. The zero-order chi connectivity index (χ0) is 21.9. The van der Waals surface area contributed by atoms with Gasteiger partial charge in [-0.05, 0) is 35.7 Å². The lowest BCUT2D eigenvalue weighted by atomic mass is 10.1. The second kappa shape index (κ2) is 8.78. The normalized spacial score (nSPS) is 14.2. The highest BCUT2D eigenvalue weighted by molar-refractivity contribution is 5.92. The fourth-order valence-electron chi connectivity index (χ4n) is 4.18. The summed E-state index contributed by atoms with van der Waals surface area (Å²) in [5, 5.41) is 0.988. The van der Waals surface area contributed by atoms with Crippen LogP contribution in [0.1, 0.15) is 12.0 Å². The summed E-state index contributed by atoms with van der Waals surface area (Å²) in [6.07, 6.45) is 2.64.